The molecule has 0 amide bonds. The molecule has 0 spiro atoms. The number of aliphatic hydroxyl groups excluding tert-OH is 1. The van der Waals surface area contributed by atoms with Gasteiger partial charge in [-0.25, -0.2) is 0 Å². The molecule has 2 heterocycles. The second kappa shape index (κ2) is 9.03. The molecule has 0 saturated carbocycles. The molecule has 4 nitrogen and oxygen atoms in total. The van der Waals surface area contributed by atoms with E-state index < -0.39 is 6.10 Å². The standard InChI is InChI=1S/C21H25NO3S/c1-16-6-3-4-8-21(16)25-15-18(23)12-22(13-19-7-5-11-24-19)14-20-10-9-17(2)26-20/h3-11,18,23H,12-15H2,1-2H3/t18-/m1/s1. The van der Waals surface area contributed by atoms with Crippen molar-refractivity contribution in [3.05, 3.63) is 75.9 Å². The molecule has 0 unspecified atom stereocenters. The molecule has 0 saturated heterocycles. The predicted molar refractivity (Wildman–Crippen MR) is 105 cm³/mol. The van der Waals surface area contributed by atoms with Crippen LogP contribution in [0.25, 0.3) is 0 Å². The lowest BCUT2D eigenvalue weighted by molar-refractivity contribution is 0.0606. The maximum atomic E-state index is 10.5. The van der Waals surface area contributed by atoms with Crippen molar-refractivity contribution < 1.29 is 14.3 Å². The van der Waals surface area contributed by atoms with Gasteiger partial charge in [0.2, 0.25) is 0 Å². The molecule has 5 heteroatoms. The molecule has 1 atom stereocenters. The Balaban J connectivity index is 1.59. The summed E-state index contributed by atoms with van der Waals surface area (Å²) >= 11 is 1.78. The van der Waals surface area contributed by atoms with E-state index in [0.29, 0.717) is 13.1 Å². The Labute approximate surface area is 158 Å². The largest absolute Gasteiger partial charge is 0.491 e. The first-order valence-electron chi connectivity index (χ1n) is 8.76. The lowest BCUT2D eigenvalue weighted by Gasteiger charge is -2.24. The monoisotopic (exact) mass is 371 g/mol. The van der Waals surface area contributed by atoms with Crippen LogP contribution < -0.4 is 4.74 Å². The Morgan fingerprint density at radius 1 is 1.08 bits per heavy atom. The zero-order chi connectivity index (χ0) is 18.4. The summed E-state index contributed by atoms with van der Waals surface area (Å²) in [5.41, 5.74) is 1.07. The molecule has 1 N–H and O–H groups in total. The molecule has 1 aromatic carbocycles. The maximum Gasteiger partial charge on any atom is 0.122 e. The van der Waals surface area contributed by atoms with Crippen molar-refractivity contribution in [3.63, 3.8) is 0 Å². The van der Waals surface area contributed by atoms with Crippen molar-refractivity contribution in [1.29, 1.82) is 0 Å². The van der Waals surface area contributed by atoms with E-state index in [4.69, 9.17) is 9.15 Å². The number of hydrogen-bond donors (Lipinski definition) is 1. The van der Waals surface area contributed by atoms with E-state index >= 15 is 0 Å². The molecule has 0 aliphatic carbocycles. The highest BCUT2D eigenvalue weighted by Crippen LogP contribution is 2.20. The minimum absolute atomic E-state index is 0.267. The van der Waals surface area contributed by atoms with Crippen LogP contribution >= 0.6 is 11.3 Å². The number of ether oxygens (including phenoxy) is 1. The highest BCUT2D eigenvalue weighted by molar-refractivity contribution is 7.11. The van der Waals surface area contributed by atoms with Crippen LogP contribution in [0.4, 0.5) is 0 Å². The van der Waals surface area contributed by atoms with Crippen molar-refractivity contribution in [1.82, 2.24) is 4.90 Å². The molecular formula is C21H25NO3S. The third kappa shape index (κ3) is 5.46. The first-order chi connectivity index (χ1) is 12.6. The molecule has 0 radical (unpaired) electrons. The molecule has 0 bridgehead atoms. The zero-order valence-corrected chi connectivity index (χ0v) is 16.0. The summed E-state index contributed by atoms with van der Waals surface area (Å²) in [7, 11) is 0. The van der Waals surface area contributed by atoms with Crippen LogP contribution in [0.1, 0.15) is 21.1 Å². The fourth-order valence-electron chi connectivity index (χ4n) is 2.85. The average molecular weight is 372 g/mol. The van der Waals surface area contributed by atoms with Crippen molar-refractivity contribution in [2.45, 2.75) is 33.0 Å². The van der Waals surface area contributed by atoms with Crippen LogP contribution in [-0.4, -0.2) is 29.3 Å². The Morgan fingerprint density at radius 3 is 2.62 bits per heavy atom. The van der Waals surface area contributed by atoms with Gasteiger partial charge in [-0.05, 0) is 49.7 Å². The summed E-state index contributed by atoms with van der Waals surface area (Å²) < 4.78 is 11.3. The van der Waals surface area contributed by atoms with Crippen molar-refractivity contribution in [2.75, 3.05) is 13.2 Å². The molecule has 26 heavy (non-hydrogen) atoms. The molecule has 138 valence electrons. The van der Waals surface area contributed by atoms with Gasteiger partial charge in [0.1, 0.15) is 24.2 Å². The number of rotatable bonds is 9. The smallest absolute Gasteiger partial charge is 0.122 e. The summed E-state index contributed by atoms with van der Waals surface area (Å²) in [6.07, 6.45) is 1.10. The van der Waals surface area contributed by atoms with Crippen molar-refractivity contribution in [2.24, 2.45) is 0 Å². The number of para-hydroxylation sites is 1. The molecular weight excluding hydrogens is 346 g/mol. The SMILES string of the molecule is Cc1ccc(CN(Cc2ccco2)C[C@@H](O)COc2ccccc2C)s1. The van der Waals surface area contributed by atoms with Crippen LogP contribution in [0, 0.1) is 13.8 Å². The zero-order valence-electron chi connectivity index (χ0n) is 15.2. The lowest BCUT2D eigenvalue weighted by atomic mass is 10.2. The third-order valence-electron chi connectivity index (χ3n) is 4.13. The fourth-order valence-corrected chi connectivity index (χ4v) is 3.79. The molecule has 3 rings (SSSR count). The summed E-state index contributed by atoms with van der Waals surface area (Å²) in [6.45, 7) is 6.33. The van der Waals surface area contributed by atoms with Gasteiger partial charge in [-0.2, -0.15) is 0 Å². The molecule has 0 fully saturated rings. The number of benzene rings is 1. The van der Waals surface area contributed by atoms with Crippen LogP contribution in [0.3, 0.4) is 0 Å². The summed E-state index contributed by atoms with van der Waals surface area (Å²) in [5.74, 6) is 1.71. The van der Waals surface area contributed by atoms with E-state index in [-0.39, 0.29) is 6.61 Å². The minimum Gasteiger partial charge on any atom is -0.491 e. The minimum atomic E-state index is -0.578. The molecule has 3 aromatic rings. The summed E-state index contributed by atoms with van der Waals surface area (Å²) in [6, 6.07) is 16.0. The van der Waals surface area contributed by atoms with Gasteiger partial charge in [0.15, 0.2) is 0 Å². The van der Waals surface area contributed by atoms with Crippen LogP contribution in [0.15, 0.2) is 59.2 Å². The van der Waals surface area contributed by atoms with Crippen LogP contribution in [-0.2, 0) is 13.1 Å². The first-order valence-corrected chi connectivity index (χ1v) is 9.58. The summed E-state index contributed by atoms with van der Waals surface area (Å²) in [4.78, 5) is 4.76. The summed E-state index contributed by atoms with van der Waals surface area (Å²) in [5, 5.41) is 10.5. The van der Waals surface area contributed by atoms with Gasteiger partial charge < -0.3 is 14.3 Å². The number of thiophene rings is 1. The number of aliphatic hydroxyl groups is 1. The number of furan rings is 1. The third-order valence-corrected chi connectivity index (χ3v) is 5.11. The Bertz CT molecular complexity index is 797. The van der Waals surface area contributed by atoms with E-state index in [1.165, 1.54) is 9.75 Å². The Hall–Kier alpha value is -2.08. The Morgan fingerprint density at radius 2 is 1.92 bits per heavy atom. The normalized spacial score (nSPS) is 12.5. The fraction of sp³-hybridized carbons (Fsp3) is 0.333. The van der Waals surface area contributed by atoms with Gasteiger partial charge in [0.25, 0.3) is 0 Å². The van der Waals surface area contributed by atoms with Crippen molar-refractivity contribution >= 4 is 11.3 Å². The van der Waals surface area contributed by atoms with Crippen LogP contribution in [0.5, 0.6) is 5.75 Å². The number of hydrogen-bond acceptors (Lipinski definition) is 5. The van der Waals surface area contributed by atoms with E-state index in [9.17, 15) is 5.11 Å². The second-order valence-corrected chi connectivity index (χ2v) is 7.86. The van der Waals surface area contributed by atoms with Crippen molar-refractivity contribution in [3.8, 4) is 5.75 Å². The lowest BCUT2D eigenvalue weighted by Crippen LogP contribution is -2.34. The Kier molecular flexibility index (Phi) is 6.50. The highest BCUT2D eigenvalue weighted by atomic mass is 32.1. The average Bonchev–Trinajstić information content (AvgIpc) is 3.26. The quantitative estimate of drug-likeness (QED) is 0.606. The maximum absolute atomic E-state index is 10.5. The molecule has 2 aromatic heterocycles. The van der Waals surface area contributed by atoms with Gasteiger partial charge in [-0.1, -0.05) is 18.2 Å². The highest BCUT2D eigenvalue weighted by Gasteiger charge is 2.16. The van der Waals surface area contributed by atoms with Gasteiger partial charge >= 0.3 is 0 Å². The van der Waals surface area contributed by atoms with Gasteiger partial charge in [0, 0.05) is 22.8 Å². The topological polar surface area (TPSA) is 45.8 Å². The predicted octanol–water partition coefficient (Wildman–Crippen LogP) is 4.40. The second-order valence-electron chi connectivity index (χ2n) is 6.49. The van der Waals surface area contributed by atoms with Gasteiger partial charge in [0.05, 0.1) is 12.8 Å². The molecule has 0 aliphatic heterocycles. The number of nitrogens with zero attached hydrogens (tertiary/aromatic N) is 1. The van der Waals surface area contributed by atoms with Gasteiger partial charge in [-0.3, -0.25) is 4.90 Å². The number of aryl methyl sites for hydroxylation is 2. The van der Waals surface area contributed by atoms with E-state index in [1.807, 2.05) is 43.3 Å². The molecule has 0 aliphatic rings. The van der Waals surface area contributed by atoms with Crippen LogP contribution in [0.2, 0.25) is 0 Å². The van der Waals surface area contributed by atoms with Gasteiger partial charge in [-0.15, -0.1) is 11.3 Å². The van der Waals surface area contributed by atoms with E-state index in [0.717, 1.165) is 23.6 Å². The van der Waals surface area contributed by atoms with E-state index in [2.05, 4.69) is 24.0 Å². The van der Waals surface area contributed by atoms with E-state index in [1.54, 1.807) is 17.6 Å². The first kappa shape index (κ1) is 18.7.